The number of carbonyl (C=O) groups excluding carboxylic acids is 1. The van der Waals surface area contributed by atoms with E-state index >= 15 is 0 Å². The molecule has 0 aromatic heterocycles. The van der Waals surface area contributed by atoms with Gasteiger partial charge in [-0.25, -0.2) is 4.39 Å². The van der Waals surface area contributed by atoms with Gasteiger partial charge < -0.3 is 9.80 Å². The standard InChI is InChI=1S/C27H36FN3O/c1-19-13-22(17-30-11-9-29(4)10-12-30)14-20(2)26(19)31-18-23(15-21(3)27(31)32)16-24-7-5-6-8-25(24)28/h5-8,13-14,21,23H,9-12,15-18H2,1-4H3/t21-,23-/m1/s1. The second-order valence-electron chi connectivity index (χ2n) is 9.90. The monoisotopic (exact) mass is 437 g/mol. The smallest absolute Gasteiger partial charge is 0.229 e. The summed E-state index contributed by atoms with van der Waals surface area (Å²) in [6, 6.07) is 11.5. The van der Waals surface area contributed by atoms with E-state index in [1.165, 1.54) is 11.6 Å². The topological polar surface area (TPSA) is 26.8 Å². The summed E-state index contributed by atoms with van der Waals surface area (Å²) >= 11 is 0. The lowest BCUT2D eigenvalue weighted by molar-refractivity contribution is -0.124. The van der Waals surface area contributed by atoms with Gasteiger partial charge in [0.05, 0.1) is 0 Å². The molecule has 4 nitrogen and oxygen atoms in total. The maximum atomic E-state index is 14.2. The SMILES string of the molecule is Cc1cc(CN2CCN(C)CC2)cc(C)c1N1C[C@@H](Cc2ccccc2F)C[C@@H](C)C1=O. The van der Waals surface area contributed by atoms with Crippen LogP contribution in [0.1, 0.15) is 35.6 Å². The van der Waals surface area contributed by atoms with Gasteiger partial charge in [0.25, 0.3) is 0 Å². The predicted octanol–water partition coefficient (Wildman–Crippen LogP) is 4.42. The second kappa shape index (κ2) is 9.72. The minimum Gasteiger partial charge on any atom is -0.311 e. The molecule has 172 valence electrons. The maximum Gasteiger partial charge on any atom is 0.229 e. The van der Waals surface area contributed by atoms with Crippen LogP contribution in [0.2, 0.25) is 0 Å². The molecule has 0 N–H and O–H groups in total. The number of piperazine rings is 1. The third-order valence-corrected chi connectivity index (χ3v) is 7.10. The van der Waals surface area contributed by atoms with Crippen molar-refractivity contribution in [1.82, 2.24) is 9.80 Å². The minimum atomic E-state index is -0.149. The average molecular weight is 438 g/mol. The van der Waals surface area contributed by atoms with Crippen LogP contribution in [0.3, 0.4) is 0 Å². The van der Waals surface area contributed by atoms with Crippen LogP contribution in [0.15, 0.2) is 36.4 Å². The molecule has 2 aliphatic heterocycles. The van der Waals surface area contributed by atoms with E-state index in [9.17, 15) is 9.18 Å². The number of hydrogen-bond acceptors (Lipinski definition) is 3. The zero-order valence-corrected chi connectivity index (χ0v) is 19.9. The van der Waals surface area contributed by atoms with Crippen LogP contribution in [0.25, 0.3) is 0 Å². The zero-order valence-electron chi connectivity index (χ0n) is 19.9. The van der Waals surface area contributed by atoms with E-state index in [1.54, 1.807) is 6.07 Å². The first-order chi connectivity index (χ1) is 15.3. The van der Waals surface area contributed by atoms with Crippen molar-refractivity contribution in [2.75, 3.05) is 44.7 Å². The van der Waals surface area contributed by atoms with E-state index < -0.39 is 0 Å². The Morgan fingerprint density at radius 2 is 1.69 bits per heavy atom. The summed E-state index contributed by atoms with van der Waals surface area (Å²) in [6.07, 6.45) is 1.48. The molecule has 4 rings (SSSR count). The molecule has 1 amide bonds. The highest BCUT2D eigenvalue weighted by atomic mass is 19.1. The van der Waals surface area contributed by atoms with Crippen LogP contribution >= 0.6 is 0 Å². The number of benzene rings is 2. The molecule has 5 heteroatoms. The first-order valence-electron chi connectivity index (χ1n) is 11.9. The van der Waals surface area contributed by atoms with Crippen LogP contribution in [0.4, 0.5) is 10.1 Å². The molecule has 0 unspecified atom stereocenters. The van der Waals surface area contributed by atoms with Crippen molar-refractivity contribution in [3.63, 3.8) is 0 Å². The summed E-state index contributed by atoms with van der Waals surface area (Å²) in [5.41, 5.74) is 5.41. The number of halogens is 1. The third-order valence-electron chi connectivity index (χ3n) is 7.10. The van der Waals surface area contributed by atoms with Crippen LogP contribution in [-0.2, 0) is 17.8 Å². The minimum absolute atomic E-state index is 0.0515. The van der Waals surface area contributed by atoms with Crippen molar-refractivity contribution in [2.45, 2.75) is 40.2 Å². The highest BCUT2D eigenvalue weighted by molar-refractivity contribution is 5.97. The summed E-state index contributed by atoms with van der Waals surface area (Å²) in [5, 5.41) is 0. The fraction of sp³-hybridized carbons (Fsp3) is 0.519. The van der Waals surface area contributed by atoms with E-state index in [2.05, 4.69) is 42.8 Å². The van der Waals surface area contributed by atoms with Crippen molar-refractivity contribution in [1.29, 1.82) is 0 Å². The van der Waals surface area contributed by atoms with Crippen LogP contribution in [0, 0.1) is 31.5 Å². The van der Waals surface area contributed by atoms with E-state index in [1.807, 2.05) is 24.0 Å². The quantitative estimate of drug-likeness (QED) is 0.693. The van der Waals surface area contributed by atoms with Gasteiger partial charge in [0.15, 0.2) is 0 Å². The molecule has 2 aliphatic rings. The highest BCUT2D eigenvalue weighted by Crippen LogP contribution is 2.34. The van der Waals surface area contributed by atoms with Gasteiger partial charge in [0.2, 0.25) is 5.91 Å². The van der Waals surface area contributed by atoms with Crippen LogP contribution in [0.5, 0.6) is 0 Å². The second-order valence-corrected chi connectivity index (χ2v) is 9.90. The molecule has 0 saturated carbocycles. The summed E-state index contributed by atoms with van der Waals surface area (Å²) in [4.78, 5) is 20.0. The number of likely N-dealkylation sites (N-methyl/N-ethyl adjacent to an activating group) is 1. The summed E-state index contributed by atoms with van der Waals surface area (Å²) in [7, 11) is 2.18. The Morgan fingerprint density at radius 3 is 2.34 bits per heavy atom. The van der Waals surface area contributed by atoms with Crippen molar-refractivity contribution in [3.8, 4) is 0 Å². The summed E-state index contributed by atoms with van der Waals surface area (Å²) in [5.74, 6) is 0.241. The van der Waals surface area contributed by atoms with E-state index in [-0.39, 0.29) is 23.6 Å². The molecular weight excluding hydrogens is 401 g/mol. The molecule has 0 bridgehead atoms. The molecule has 0 spiro atoms. The number of piperidine rings is 1. The first kappa shape index (κ1) is 22.9. The Bertz CT molecular complexity index is 944. The molecule has 2 atom stereocenters. The molecule has 2 aromatic rings. The molecule has 2 fully saturated rings. The van der Waals surface area contributed by atoms with Gasteiger partial charge in [-0.2, -0.15) is 0 Å². The van der Waals surface area contributed by atoms with Crippen molar-refractivity contribution in [2.24, 2.45) is 11.8 Å². The lowest BCUT2D eigenvalue weighted by Crippen LogP contribution is -2.46. The van der Waals surface area contributed by atoms with E-state index in [0.29, 0.717) is 13.0 Å². The Hall–Kier alpha value is -2.24. The molecule has 0 radical (unpaired) electrons. The molecule has 2 aromatic carbocycles. The molecule has 0 aliphatic carbocycles. The number of carbonyl (C=O) groups is 1. The van der Waals surface area contributed by atoms with Gasteiger partial charge in [0, 0.05) is 50.9 Å². The van der Waals surface area contributed by atoms with E-state index in [4.69, 9.17) is 0 Å². The number of rotatable bonds is 5. The maximum absolute atomic E-state index is 14.2. The summed E-state index contributed by atoms with van der Waals surface area (Å²) < 4.78 is 14.2. The van der Waals surface area contributed by atoms with Gasteiger partial charge in [-0.15, -0.1) is 0 Å². The van der Waals surface area contributed by atoms with Crippen molar-refractivity contribution >= 4 is 11.6 Å². The lowest BCUT2D eigenvalue weighted by atomic mass is 9.84. The number of nitrogens with zero attached hydrogens (tertiary/aromatic N) is 3. The largest absolute Gasteiger partial charge is 0.311 e. The fourth-order valence-electron chi connectivity index (χ4n) is 5.44. The Balaban J connectivity index is 1.53. The van der Waals surface area contributed by atoms with Gasteiger partial charge in [-0.3, -0.25) is 9.69 Å². The predicted molar refractivity (Wildman–Crippen MR) is 128 cm³/mol. The first-order valence-corrected chi connectivity index (χ1v) is 11.9. The number of anilines is 1. The van der Waals surface area contributed by atoms with Gasteiger partial charge in [-0.1, -0.05) is 37.3 Å². The average Bonchev–Trinajstić information content (AvgIpc) is 2.74. The molecule has 2 heterocycles. The molecule has 32 heavy (non-hydrogen) atoms. The number of aryl methyl sites for hydroxylation is 2. The van der Waals surface area contributed by atoms with Gasteiger partial charge >= 0.3 is 0 Å². The summed E-state index contributed by atoms with van der Waals surface area (Å²) in [6.45, 7) is 12.3. The zero-order chi connectivity index (χ0) is 22.8. The van der Waals surface area contributed by atoms with Crippen LogP contribution in [-0.4, -0.2) is 55.5 Å². The molecular formula is C27H36FN3O. The Labute approximate surface area is 192 Å². The highest BCUT2D eigenvalue weighted by Gasteiger charge is 2.34. The fourth-order valence-corrected chi connectivity index (χ4v) is 5.44. The third kappa shape index (κ3) is 5.05. The van der Waals surface area contributed by atoms with Crippen molar-refractivity contribution < 1.29 is 9.18 Å². The number of amides is 1. The Morgan fingerprint density at radius 1 is 1.03 bits per heavy atom. The van der Waals surface area contributed by atoms with Crippen LogP contribution < -0.4 is 4.90 Å². The number of hydrogen-bond donors (Lipinski definition) is 0. The van der Waals surface area contributed by atoms with Gasteiger partial charge in [0.1, 0.15) is 5.82 Å². The normalized spacial score (nSPS) is 23.0. The van der Waals surface area contributed by atoms with Crippen molar-refractivity contribution in [3.05, 3.63) is 64.5 Å². The van der Waals surface area contributed by atoms with E-state index in [0.717, 1.165) is 61.5 Å². The lowest BCUT2D eigenvalue weighted by Gasteiger charge is -2.38. The molecule has 2 saturated heterocycles. The van der Waals surface area contributed by atoms with Gasteiger partial charge in [-0.05, 0) is 68.0 Å². The Kier molecular flexibility index (Phi) is 6.96.